The van der Waals surface area contributed by atoms with E-state index in [1.165, 1.54) is 10.9 Å². The third-order valence-corrected chi connectivity index (χ3v) is 4.04. The van der Waals surface area contributed by atoms with E-state index in [0.29, 0.717) is 11.3 Å². The molecular formula is C18H15ClN4O3. The lowest BCUT2D eigenvalue weighted by Crippen LogP contribution is -2.28. The number of rotatable bonds is 5. The third kappa shape index (κ3) is 3.29. The molecule has 2 heterocycles. The Morgan fingerprint density at radius 3 is 2.58 bits per heavy atom. The van der Waals surface area contributed by atoms with Crippen LogP contribution in [0.2, 0.25) is 5.15 Å². The quantitative estimate of drug-likeness (QED) is 0.668. The van der Waals surface area contributed by atoms with Crippen molar-refractivity contribution < 1.29 is 9.90 Å². The normalized spacial score (nSPS) is 10.5. The van der Waals surface area contributed by atoms with E-state index in [9.17, 15) is 14.7 Å². The number of carboxylic acid groups (broad SMARTS) is 1. The molecule has 0 aliphatic rings. The number of hydrogen-bond acceptors (Lipinski definition) is 5. The number of aromatic carboxylic acids is 1. The fraction of sp³-hybridized carbons (Fsp3) is 0.111. The Kier molecular flexibility index (Phi) is 4.99. The fourth-order valence-electron chi connectivity index (χ4n) is 2.52. The summed E-state index contributed by atoms with van der Waals surface area (Å²) in [4.78, 5) is 28.6. The van der Waals surface area contributed by atoms with Crippen molar-refractivity contribution in [2.75, 3.05) is 5.32 Å². The van der Waals surface area contributed by atoms with Gasteiger partial charge in [0.2, 0.25) is 0 Å². The summed E-state index contributed by atoms with van der Waals surface area (Å²) in [7, 11) is 0. The van der Waals surface area contributed by atoms with E-state index in [-0.39, 0.29) is 28.6 Å². The number of aryl methyl sites for hydroxylation is 1. The lowest BCUT2D eigenvalue weighted by molar-refractivity contribution is 0.0698. The minimum atomic E-state index is -1.26. The predicted octanol–water partition coefficient (Wildman–Crippen LogP) is 3.42. The Morgan fingerprint density at radius 2 is 1.96 bits per heavy atom. The fourth-order valence-corrected chi connectivity index (χ4v) is 2.69. The zero-order valence-electron chi connectivity index (χ0n) is 13.8. The van der Waals surface area contributed by atoms with Gasteiger partial charge >= 0.3 is 5.97 Å². The molecule has 8 heteroatoms. The van der Waals surface area contributed by atoms with Crippen LogP contribution < -0.4 is 10.9 Å². The highest BCUT2D eigenvalue weighted by atomic mass is 35.5. The largest absolute Gasteiger partial charge is 0.478 e. The van der Waals surface area contributed by atoms with Gasteiger partial charge in [-0.05, 0) is 19.1 Å². The van der Waals surface area contributed by atoms with Gasteiger partial charge < -0.3 is 10.4 Å². The highest BCUT2D eigenvalue weighted by molar-refractivity contribution is 6.32. The van der Waals surface area contributed by atoms with E-state index >= 15 is 0 Å². The second-order valence-electron chi connectivity index (χ2n) is 5.36. The van der Waals surface area contributed by atoms with E-state index in [0.717, 1.165) is 0 Å². The number of nitrogens with one attached hydrogen (secondary N) is 1. The van der Waals surface area contributed by atoms with Crippen LogP contribution in [0.4, 0.5) is 11.4 Å². The van der Waals surface area contributed by atoms with Crippen LogP contribution in [0, 0.1) is 0 Å². The number of aromatic nitrogens is 3. The first-order valence-corrected chi connectivity index (χ1v) is 8.22. The Morgan fingerprint density at radius 1 is 1.23 bits per heavy atom. The van der Waals surface area contributed by atoms with Crippen LogP contribution in [0.15, 0.2) is 53.5 Å². The standard InChI is InChI=1S/C18H15ClN4O3/c1-2-23-17(24)15(21-12-9-6-10-20-16(12)19)13(18(25)26)14(22-23)11-7-4-3-5-8-11/h3-10,21H,2H2,1H3,(H,25,26). The van der Waals surface area contributed by atoms with Crippen LogP contribution in [-0.4, -0.2) is 25.8 Å². The highest BCUT2D eigenvalue weighted by Crippen LogP contribution is 2.28. The number of benzene rings is 1. The first-order valence-electron chi connectivity index (χ1n) is 7.84. The Hall–Kier alpha value is -3.19. The van der Waals surface area contributed by atoms with Gasteiger partial charge in [-0.3, -0.25) is 4.79 Å². The summed E-state index contributed by atoms with van der Waals surface area (Å²) in [5.74, 6) is -1.26. The van der Waals surface area contributed by atoms with Crippen LogP contribution in [0.1, 0.15) is 17.3 Å². The summed E-state index contributed by atoms with van der Waals surface area (Å²) < 4.78 is 1.21. The number of halogens is 1. The molecule has 0 amide bonds. The molecule has 1 aromatic carbocycles. The first-order chi connectivity index (χ1) is 12.5. The molecule has 2 aromatic heterocycles. The monoisotopic (exact) mass is 370 g/mol. The number of nitrogens with zero attached hydrogens (tertiary/aromatic N) is 3. The van der Waals surface area contributed by atoms with Gasteiger partial charge in [0.25, 0.3) is 5.56 Å². The van der Waals surface area contributed by atoms with Gasteiger partial charge in [0, 0.05) is 18.3 Å². The van der Waals surface area contributed by atoms with Gasteiger partial charge in [-0.1, -0.05) is 41.9 Å². The summed E-state index contributed by atoms with van der Waals surface area (Å²) in [6.45, 7) is 2.04. The van der Waals surface area contributed by atoms with Crippen LogP contribution >= 0.6 is 11.6 Å². The molecule has 7 nitrogen and oxygen atoms in total. The molecule has 2 N–H and O–H groups in total. The Balaban J connectivity index is 2.30. The lowest BCUT2D eigenvalue weighted by atomic mass is 10.0. The lowest BCUT2D eigenvalue weighted by Gasteiger charge is -2.15. The molecule has 26 heavy (non-hydrogen) atoms. The third-order valence-electron chi connectivity index (χ3n) is 3.74. The molecule has 0 bridgehead atoms. The molecule has 0 unspecified atom stereocenters. The second-order valence-corrected chi connectivity index (χ2v) is 5.72. The molecule has 0 atom stereocenters. The molecule has 0 aliphatic carbocycles. The van der Waals surface area contributed by atoms with E-state index in [4.69, 9.17) is 11.6 Å². The average molecular weight is 371 g/mol. The minimum Gasteiger partial charge on any atom is -0.478 e. The zero-order valence-corrected chi connectivity index (χ0v) is 14.6. The summed E-state index contributed by atoms with van der Waals surface area (Å²) in [6, 6.07) is 12.1. The Labute approximate surface area is 153 Å². The van der Waals surface area contributed by atoms with Crippen molar-refractivity contribution in [1.29, 1.82) is 0 Å². The SMILES string of the molecule is CCn1nc(-c2ccccc2)c(C(=O)O)c(Nc2cccnc2Cl)c1=O. The molecule has 132 valence electrons. The second kappa shape index (κ2) is 7.37. The molecule has 3 rings (SSSR count). The zero-order chi connectivity index (χ0) is 18.7. The van der Waals surface area contributed by atoms with Crippen LogP contribution in [-0.2, 0) is 6.54 Å². The molecule has 0 aliphatic heterocycles. The number of carboxylic acids is 1. The van der Waals surface area contributed by atoms with E-state index in [1.54, 1.807) is 43.3 Å². The van der Waals surface area contributed by atoms with Crippen LogP contribution in [0.3, 0.4) is 0 Å². The van der Waals surface area contributed by atoms with Crippen molar-refractivity contribution in [3.63, 3.8) is 0 Å². The van der Waals surface area contributed by atoms with Gasteiger partial charge in [0.05, 0.1) is 5.69 Å². The smallest absolute Gasteiger partial charge is 0.340 e. The summed E-state index contributed by atoms with van der Waals surface area (Å²) in [5, 5.41) is 17.0. The molecule has 0 fully saturated rings. The Bertz CT molecular complexity index is 1020. The van der Waals surface area contributed by atoms with Crippen molar-refractivity contribution in [3.05, 3.63) is 69.7 Å². The highest BCUT2D eigenvalue weighted by Gasteiger charge is 2.24. The number of anilines is 2. The molecule has 0 saturated heterocycles. The van der Waals surface area contributed by atoms with Crippen LogP contribution in [0.5, 0.6) is 0 Å². The molecule has 3 aromatic rings. The van der Waals surface area contributed by atoms with E-state index in [1.807, 2.05) is 6.07 Å². The van der Waals surface area contributed by atoms with Crippen molar-refractivity contribution in [1.82, 2.24) is 14.8 Å². The van der Waals surface area contributed by atoms with Crippen LogP contribution in [0.25, 0.3) is 11.3 Å². The van der Waals surface area contributed by atoms with E-state index in [2.05, 4.69) is 15.4 Å². The molecule has 0 spiro atoms. The van der Waals surface area contributed by atoms with Gasteiger partial charge in [-0.2, -0.15) is 5.10 Å². The van der Waals surface area contributed by atoms with E-state index < -0.39 is 11.5 Å². The first kappa shape index (κ1) is 17.6. The number of pyridine rings is 1. The van der Waals surface area contributed by atoms with Crippen molar-refractivity contribution in [2.45, 2.75) is 13.5 Å². The predicted molar refractivity (Wildman–Crippen MR) is 99.1 cm³/mol. The maximum absolute atomic E-state index is 12.7. The van der Waals surface area contributed by atoms with Crippen molar-refractivity contribution in [3.8, 4) is 11.3 Å². The minimum absolute atomic E-state index is 0.108. The molecule has 0 saturated carbocycles. The van der Waals surface area contributed by atoms with Gasteiger partial charge in [0.15, 0.2) is 5.15 Å². The van der Waals surface area contributed by atoms with Gasteiger partial charge in [0.1, 0.15) is 16.9 Å². The molecule has 0 radical (unpaired) electrons. The topological polar surface area (TPSA) is 97.1 Å². The maximum atomic E-state index is 12.7. The average Bonchev–Trinajstić information content (AvgIpc) is 2.65. The summed E-state index contributed by atoms with van der Waals surface area (Å²) >= 11 is 6.04. The van der Waals surface area contributed by atoms with Gasteiger partial charge in [-0.25, -0.2) is 14.5 Å². The van der Waals surface area contributed by atoms with Crippen molar-refractivity contribution >= 4 is 28.9 Å². The number of carbonyl (C=O) groups is 1. The van der Waals surface area contributed by atoms with Crippen molar-refractivity contribution in [2.24, 2.45) is 0 Å². The number of hydrogen-bond donors (Lipinski definition) is 2. The maximum Gasteiger partial charge on any atom is 0.340 e. The summed E-state index contributed by atoms with van der Waals surface area (Å²) in [5.41, 5.74) is 0.245. The summed E-state index contributed by atoms with van der Waals surface area (Å²) in [6.07, 6.45) is 1.50. The van der Waals surface area contributed by atoms with Gasteiger partial charge in [-0.15, -0.1) is 0 Å². The molecular weight excluding hydrogens is 356 g/mol.